The zero-order valence-corrected chi connectivity index (χ0v) is 13.0. The van der Waals surface area contributed by atoms with Crippen molar-refractivity contribution in [1.29, 1.82) is 0 Å². The van der Waals surface area contributed by atoms with E-state index in [1.165, 1.54) is 10.3 Å². The molecule has 0 amide bonds. The Bertz CT molecular complexity index is 971. The van der Waals surface area contributed by atoms with Crippen LogP contribution in [0.1, 0.15) is 5.56 Å². The van der Waals surface area contributed by atoms with Gasteiger partial charge in [-0.2, -0.15) is 0 Å². The van der Waals surface area contributed by atoms with Crippen molar-refractivity contribution in [2.75, 3.05) is 0 Å². The normalized spacial score (nSPS) is 11.3. The van der Waals surface area contributed by atoms with Gasteiger partial charge >= 0.3 is 0 Å². The molecule has 4 aromatic rings. The van der Waals surface area contributed by atoms with E-state index in [1.807, 2.05) is 18.2 Å². The molecule has 0 saturated carbocycles. The average molecular weight is 310 g/mol. The van der Waals surface area contributed by atoms with Crippen LogP contribution in [0.15, 0.2) is 54.6 Å². The van der Waals surface area contributed by atoms with E-state index < -0.39 is 0 Å². The Morgan fingerprint density at radius 1 is 0.952 bits per heavy atom. The Labute approximate surface area is 131 Å². The van der Waals surface area contributed by atoms with Gasteiger partial charge in [-0.15, -0.1) is 11.3 Å². The second-order valence-corrected chi connectivity index (χ2v) is 6.57. The first-order valence-electron chi connectivity index (χ1n) is 6.77. The van der Waals surface area contributed by atoms with Crippen molar-refractivity contribution < 1.29 is 0 Å². The van der Waals surface area contributed by atoms with Crippen molar-refractivity contribution >= 4 is 43.9 Å². The lowest BCUT2D eigenvalue weighted by Gasteiger charge is -2.04. The topological polar surface area (TPSA) is 12.9 Å². The average Bonchev–Trinajstić information content (AvgIpc) is 2.90. The van der Waals surface area contributed by atoms with Crippen LogP contribution in [0.4, 0.5) is 0 Å². The molecule has 0 N–H and O–H groups in total. The third-order valence-corrected chi connectivity index (χ3v) is 5.02. The van der Waals surface area contributed by atoms with Gasteiger partial charge in [-0.3, -0.25) is 0 Å². The van der Waals surface area contributed by atoms with Crippen LogP contribution in [0.5, 0.6) is 0 Å². The maximum absolute atomic E-state index is 6.30. The number of hydrogen-bond acceptors (Lipinski definition) is 2. The fraction of sp³-hybridized carbons (Fsp3) is 0.0556. The molecule has 4 rings (SSSR count). The van der Waals surface area contributed by atoms with Gasteiger partial charge in [0.15, 0.2) is 0 Å². The molecule has 0 aliphatic rings. The molecule has 3 aromatic carbocycles. The van der Waals surface area contributed by atoms with Gasteiger partial charge in [-0.1, -0.05) is 48.0 Å². The van der Waals surface area contributed by atoms with Crippen molar-refractivity contribution in [1.82, 2.24) is 4.98 Å². The number of aryl methyl sites for hydroxylation is 1. The molecule has 0 bridgehead atoms. The first-order chi connectivity index (χ1) is 10.2. The van der Waals surface area contributed by atoms with E-state index in [4.69, 9.17) is 16.6 Å². The maximum atomic E-state index is 6.30. The third kappa shape index (κ3) is 2.11. The number of rotatable bonds is 1. The predicted octanol–water partition coefficient (Wildman–Crippen LogP) is 6.08. The summed E-state index contributed by atoms with van der Waals surface area (Å²) in [5.74, 6) is 0. The molecule has 1 heterocycles. The lowest BCUT2D eigenvalue weighted by atomic mass is 10.1. The first-order valence-corrected chi connectivity index (χ1v) is 7.96. The minimum atomic E-state index is 0.784. The van der Waals surface area contributed by atoms with E-state index >= 15 is 0 Å². The van der Waals surface area contributed by atoms with E-state index in [1.54, 1.807) is 11.3 Å². The van der Waals surface area contributed by atoms with E-state index in [9.17, 15) is 0 Å². The van der Waals surface area contributed by atoms with E-state index in [-0.39, 0.29) is 0 Å². The summed E-state index contributed by atoms with van der Waals surface area (Å²) in [4.78, 5) is 4.78. The molecular weight excluding hydrogens is 298 g/mol. The Morgan fingerprint density at radius 2 is 1.76 bits per heavy atom. The van der Waals surface area contributed by atoms with Crippen LogP contribution in [-0.2, 0) is 0 Å². The Balaban J connectivity index is 2.02. The highest BCUT2D eigenvalue weighted by Gasteiger charge is 2.10. The quantitative estimate of drug-likeness (QED) is 0.415. The summed E-state index contributed by atoms with van der Waals surface area (Å²) in [5, 5.41) is 4.06. The molecule has 0 saturated heterocycles. The molecule has 3 heteroatoms. The number of thiazole rings is 1. The molecule has 21 heavy (non-hydrogen) atoms. The molecule has 0 fully saturated rings. The minimum absolute atomic E-state index is 0.784. The lowest BCUT2D eigenvalue weighted by Crippen LogP contribution is -1.81. The monoisotopic (exact) mass is 309 g/mol. The molecule has 0 aliphatic carbocycles. The van der Waals surface area contributed by atoms with Crippen LogP contribution in [0.2, 0.25) is 5.02 Å². The molecule has 1 nitrogen and oxygen atoms in total. The van der Waals surface area contributed by atoms with E-state index in [2.05, 4.69) is 43.3 Å². The Morgan fingerprint density at radius 3 is 2.67 bits per heavy atom. The highest BCUT2D eigenvalue weighted by molar-refractivity contribution is 7.21. The zero-order valence-electron chi connectivity index (χ0n) is 11.4. The van der Waals surface area contributed by atoms with Crippen molar-refractivity contribution in [3.8, 4) is 10.6 Å². The van der Waals surface area contributed by atoms with Crippen LogP contribution < -0.4 is 0 Å². The summed E-state index contributed by atoms with van der Waals surface area (Å²) >= 11 is 8.03. The van der Waals surface area contributed by atoms with Gasteiger partial charge < -0.3 is 0 Å². The highest BCUT2D eigenvalue weighted by Crippen LogP contribution is 2.36. The standard InChI is InChI=1S/C18H12ClNS/c1-11-8-9-16-17(10-11)21-18(20-16)14-6-2-5-13-12(14)4-3-7-15(13)19/h2-10H,1H3. The number of benzene rings is 3. The Hall–Kier alpha value is -1.90. The first kappa shape index (κ1) is 12.8. The van der Waals surface area contributed by atoms with Gasteiger partial charge in [0.2, 0.25) is 0 Å². The van der Waals surface area contributed by atoms with Gasteiger partial charge in [0, 0.05) is 16.0 Å². The predicted molar refractivity (Wildman–Crippen MR) is 92.3 cm³/mol. The van der Waals surface area contributed by atoms with Crippen LogP contribution in [0, 0.1) is 6.92 Å². The zero-order chi connectivity index (χ0) is 14.4. The molecule has 0 radical (unpaired) electrons. The summed E-state index contributed by atoms with van der Waals surface area (Å²) in [6.07, 6.45) is 0. The second-order valence-electron chi connectivity index (χ2n) is 5.13. The number of nitrogens with zero attached hydrogens (tertiary/aromatic N) is 1. The lowest BCUT2D eigenvalue weighted by molar-refractivity contribution is 1.46. The summed E-state index contributed by atoms with van der Waals surface area (Å²) < 4.78 is 1.23. The molecule has 0 unspecified atom stereocenters. The van der Waals surface area contributed by atoms with Crippen molar-refractivity contribution in [2.24, 2.45) is 0 Å². The van der Waals surface area contributed by atoms with Crippen molar-refractivity contribution in [3.05, 3.63) is 65.2 Å². The van der Waals surface area contributed by atoms with Crippen molar-refractivity contribution in [3.63, 3.8) is 0 Å². The summed E-state index contributed by atoms with van der Waals surface area (Å²) in [5.41, 5.74) is 3.46. The highest BCUT2D eigenvalue weighted by atomic mass is 35.5. The summed E-state index contributed by atoms with van der Waals surface area (Å²) in [7, 11) is 0. The molecule has 0 aliphatic heterocycles. The number of fused-ring (bicyclic) bond motifs is 2. The van der Waals surface area contributed by atoms with Crippen LogP contribution in [0.3, 0.4) is 0 Å². The second kappa shape index (κ2) is 4.83. The van der Waals surface area contributed by atoms with Gasteiger partial charge in [0.25, 0.3) is 0 Å². The smallest absolute Gasteiger partial charge is 0.125 e. The summed E-state index contributed by atoms with van der Waals surface area (Å²) in [6.45, 7) is 2.11. The van der Waals surface area contributed by atoms with E-state index in [0.29, 0.717) is 0 Å². The van der Waals surface area contributed by atoms with Gasteiger partial charge in [-0.05, 0) is 36.1 Å². The third-order valence-electron chi connectivity index (χ3n) is 3.64. The SMILES string of the molecule is Cc1ccc2nc(-c3cccc4c(Cl)cccc34)sc2c1. The minimum Gasteiger partial charge on any atom is -0.236 e. The largest absolute Gasteiger partial charge is 0.236 e. The van der Waals surface area contributed by atoms with Gasteiger partial charge in [-0.25, -0.2) is 4.98 Å². The van der Waals surface area contributed by atoms with Gasteiger partial charge in [0.05, 0.1) is 10.2 Å². The number of hydrogen-bond donors (Lipinski definition) is 0. The molecule has 102 valence electrons. The molecule has 0 spiro atoms. The molecule has 0 atom stereocenters. The maximum Gasteiger partial charge on any atom is 0.125 e. The fourth-order valence-corrected chi connectivity index (χ4v) is 3.95. The molecule has 1 aromatic heterocycles. The number of aromatic nitrogens is 1. The number of halogens is 1. The van der Waals surface area contributed by atoms with Crippen LogP contribution in [-0.4, -0.2) is 4.98 Å². The van der Waals surface area contributed by atoms with Crippen LogP contribution >= 0.6 is 22.9 Å². The summed E-state index contributed by atoms with van der Waals surface area (Å²) in [6, 6.07) is 18.6. The van der Waals surface area contributed by atoms with Gasteiger partial charge in [0.1, 0.15) is 5.01 Å². The van der Waals surface area contributed by atoms with Crippen molar-refractivity contribution in [2.45, 2.75) is 6.92 Å². The Kier molecular flexibility index (Phi) is 2.95. The van der Waals surface area contributed by atoms with E-state index in [0.717, 1.165) is 31.9 Å². The molecular formula is C18H12ClNS. The van der Waals surface area contributed by atoms with Crippen LogP contribution in [0.25, 0.3) is 31.6 Å². The fourth-order valence-electron chi connectivity index (χ4n) is 2.61.